The molecule has 0 aliphatic heterocycles. The molecule has 0 aliphatic rings. The van der Waals surface area contributed by atoms with Gasteiger partial charge in [-0.15, -0.1) is 0 Å². The van der Waals surface area contributed by atoms with Crippen molar-refractivity contribution in [2.45, 2.75) is 0 Å². The summed E-state index contributed by atoms with van der Waals surface area (Å²) in [7, 11) is -5.18. The maximum Gasteiger partial charge on any atom is 0.274 e. The Kier molecular flexibility index (Phi) is 6.33. The lowest BCUT2D eigenvalue weighted by Gasteiger charge is -1.82. The summed E-state index contributed by atoms with van der Waals surface area (Å²) < 4.78 is 33.6. The van der Waals surface area contributed by atoms with Gasteiger partial charge in [-0.05, 0) is 12.1 Å². The highest BCUT2D eigenvalue weighted by Gasteiger charge is 1.95. The summed E-state index contributed by atoms with van der Waals surface area (Å²) in [6.45, 7) is 0. The molecule has 0 saturated heterocycles. The number of benzene rings is 1. The molecule has 13 heavy (non-hydrogen) atoms. The van der Waals surface area contributed by atoms with Crippen molar-refractivity contribution in [1.29, 1.82) is 0 Å². The van der Waals surface area contributed by atoms with E-state index in [0.29, 0.717) is 5.75 Å². The van der Waals surface area contributed by atoms with Crippen LogP contribution < -0.4 is 0 Å². The van der Waals surface area contributed by atoms with Crippen molar-refractivity contribution >= 4 is 20.2 Å². The van der Waals surface area contributed by atoms with Gasteiger partial charge in [-0.3, -0.25) is 9.11 Å². The van der Waals surface area contributed by atoms with Crippen LogP contribution in [0.15, 0.2) is 30.3 Å². The minimum atomic E-state index is -2.59. The lowest BCUT2D eigenvalue weighted by atomic mass is 10.3. The molecule has 1 aromatic rings. The molecule has 1 aromatic carbocycles. The summed E-state index contributed by atoms with van der Waals surface area (Å²) in [6.07, 6.45) is 0. The van der Waals surface area contributed by atoms with Crippen LogP contribution in [0.5, 0.6) is 5.75 Å². The quantitative estimate of drug-likeness (QED) is 0.483. The van der Waals surface area contributed by atoms with E-state index in [9.17, 15) is 8.42 Å². The molecule has 0 amide bonds. The molecule has 0 radical (unpaired) electrons. The molecule has 74 valence electrons. The standard InChI is InChI=1S/C6H6O.H2O4S2/c7-6-4-2-1-3-5-6;1-5(2)6(3)4/h1-5,7H;(H,1,2)(H,3,4). The topological polar surface area (TPSA) is 94.8 Å². The highest BCUT2D eigenvalue weighted by Crippen LogP contribution is 2.02. The number of para-hydroxylation sites is 1. The van der Waals surface area contributed by atoms with Crippen LogP contribution in [0.25, 0.3) is 0 Å². The molecule has 0 saturated carbocycles. The number of hydrogen-bond donors (Lipinski definition) is 3. The van der Waals surface area contributed by atoms with Crippen molar-refractivity contribution in [3.05, 3.63) is 30.3 Å². The van der Waals surface area contributed by atoms with Gasteiger partial charge in [0.25, 0.3) is 20.2 Å². The van der Waals surface area contributed by atoms with Crippen molar-refractivity contribution in [3.8, 4) is 5.75 Å². The predicted molar refractivity (Wildman–Crippen MR) is 49.6 cm³/mol. The van der Waals surface area contributed by atoms with Crippen molar-refractivity contribution < 1.29 is 22.6 Å². The van der Waals surface area contributed by atoms with E-state index in [-0.39, 0.29) is 0 Å². The smallest absolute Gasteiger partial charge is 0.274 e. The van der Waals surface area contributed by atoms with Gasteiger partial charge in [0.1, 0.15) is 5.75 Å². The Morgan fingerprint density at radius 2 is 1.31 bits per heavy atom. The normalized spacial score (nSPS) is 13.7. The summed E-state index contributed by atoms with van der Waals surface area (Å²) in [5.74, 6) is 0.322. The monoisotopic (exact) mass is 224 g/mol. The highest BCUT2D eigenvalue weighted by molar-refractivity contribution is 8.56. The van der Waals surface area contributed by atoms with Crippen LogP contribution in [0, 0.1) is 0 Å². The Bertz CT molecular complexity index is 274. The van der Waals surface area contributed by atoms with Gasteiger partial charge >= 0.3 is 0 Å². The first kappa shape index (κ1) is 12.2. The second-order valence-electron chi connectivity index (χ2n) is 1.77. The van der Waals surface area contributed by atoms with E-state index in [0.717, 1.165) is 0 Å². The van der Waals surface area contributed by atoms with Crippen molar-refractivity contribution in [3.63, 3.8) is 0 Å². The molecule has 2 unspecified atom stereocenters. The van der Waals surface area contributed by atoms with Crippen molar-refractivity contribution in [1.82, 2.24) is 0 Å². The van der Waals surface area contributed by atoms with Gasteiger partial charge in [-0.1, -0.05) is 18.2 Å². The number of phenolic OH excluding ortho intramolecular Hbond substituents is 1. The van der Waals surface area contributed by atoms with Crippen LogP contribution in [-0.4, -0.2) is 22.6 Å². The third kappa shape index (κ3) is 7.60. The Morgan fingerprint density at radius 1 is 0.923 bits per heavy atom. The van der Waals surface area contributed by atoms with Crippen LogP contribution in [-0.2, 0) is 20.2 Å². The predicted octanol–water partition coefficient (Wildman–Crippen LogP) is 0.737. The molecule has 0 fully saturated rings. The minimum Gasteiger partial charge on any atom is -0.508 e. The second kappa shape index (κ2) is 6.72. The second-order valence-corrected chi connectivity index (χ2v) is 4.35. The zero-order valence-electron chi connectivity index (χ0n) is 6.36. The fourth-order valence-corrected chi connectivity index (χ4v) is 0.428. The maximum atomic E-state index is 9.26. The minimum absolute atomic E-state index is 0.322. The molecule has 0 aromatic heterocycles. The summed E-state index contributed by atoms with van der Waals surface area (Å²) in [6, 6.07) is 8.71. The number of aromatic hydroxyl groups is 1. The third-order valence-corrected chi connectivity index (χ3v) is 1.85. The molecule has 0 heterocycles. The molecule has 0 spiro atoms. The Hall–Kier alpha value is -0.760. The maximum absolute atomic E-state index is 9.26. The van der Waals surface area contributed by atoms with Crippen LogP contribution in [0.1, 0.15) is 0 Å². The Morgan fingerprint density at radius 3 is 1.46 bits per heavy atom. The summed E-state index contributed by atoms with van der Waals surface area (Å²) in [4.78, 5) is 0. The molecular formula is C6H8O5S2. The third-order valence-electron chi connectivity index (χ3n) is 0.878. The number of phenols is 1. The summed E-state index contributed by atoms with van der Waals surface area (Å²) in [5, 5.41) is 8.63. The molecule has 2 atom stereocenters. The molecule has 1 rings (SSSR count). The number of hydrogen-bond acceptors (Lipinski definition) is 3. The van der Waals surface area contributed by atoms with Crippen LogP contribution in [0.2, 0.25) is 0 Å². The van der Waals surface area contributed by atoms with Crippen LogP contribution in [0.3, 0.4) is 0 Å². The SMILES string of the molecule is O=S(O)S(=O)O.Oc1ccccc1. The first-order chi connectivity index (χ1) is 6.04. The molecular weight excluding hydrogens is 216 g/mol. The first-order valence-corrected chi connectivity index (χ1v) is 5.73. The molecule has 0 bridgehead atoms. The zero-order chi connectivity index (χ0) is 10.3. The van der Waals surface area contributed by atoms with Crippen molar-refractivity contribution in [2.24, 2.45) is 0 Å². The van der Waals surface area contributed by atoms with Crippen LogP contribution in [0.4, 0.5) is 0 Å². The fourth-order valence-electron chi connectivity index (χ4n) is 0.428. The van der Waals surface area contributed by atoms with E-state index in [2.05, 4.69) is 0 Å². The van der Waals surface area contributed by atoms with Gasteiger partial charge in [0.15, 0.2) is 0 Å². The van der Waals surface area contributed by atoms with E-state index in [1.165, 1.54) is 0 Å². The van der Waals surface area contributed by atoms with E-state index in [4.69, 9.17) is 14.2 Å². The number of rotatable bonds is 1. The van der Waals surface area contributed by atoms with Gasteiger partial charge in [0.05, 0.1) is 0 Å². The van der Waals surface area contributed by atoms with Gasteiger partial charge in [-0.2, -0.15) is 0 Å². The summed E-state index contributed by atoms with van der Waals surface area (Å²) in [5.41, 5.74) is 0. The van der Waals surface area contributed by atoms with E-state index >= 15 is 0 Å². The average molecular weight is 224 g/mol. The lowest BCUT2D eigenvalue weighted by Crippen LogP contribution is -1.93. The molecule has 7 heteroatoms. The highest BCUT2D eigenvalue weighted by atomic mass is 33.2. The average Bonchev–Trinajstić information content (AvgIpc) is 2.06. The Labute approximate surface area is 79.4 Å². The van der Waals surface area contributed by atoms with Crippen LogP contribution >= 0.6 is 0 Å². The van der Waals surface area contributed by atoms with E-state index < -0.39 is 20.2 Å². The van der Waals surface area contributed by atoms with Crippen molar-refractivity contribution in [2.75, 3.05) is 0 Å². The first-order valence-electron chi connectivity index (χ1n) is 3.00. The van der Waals surface area contributed by atoms with E-state index in [1.54, 1.807) is 24.3 Å². The summed E-state index contributed by atoms with van der Waals surface area (Å²) >= 11 is 0. The van der Waals surface area contributed by atoms with Gasteiger partial charge in [0, 0.05) is 0 Å². The molecule has 3 N–H and O–H groups in total. The fraction of sp³-hybridized carbons (Fsp3) is 0. The zero-order valence-corrected chi connectivity index (χ0v) is 7.99. The lowest BCUT2D eigenvalue weighted by molar-refractivity contribution is 0.475. The molecule has 0 aliphatic carbocycles. The molecule has 5 nitrogen and oxygen atoms in total. The Balaban J connectivity index is 0.000000226. The van der Waals surface area contributed by atoms with Gasteiger partial charge in [0.2, 0.25) is 0 Å². The van der Waals surface area contributed by atoms with E-state index in [1.807, 2.05) is 6.07 Å². The van der Waals surface area contributed by atoms with Gasteiger partial charge < -0.3 is 5.11 Å². The largest absolute Gasteiger partial charge is 0.508 e. The van der Waals surface area contributed by atoms with Gasteiger partial charge in [-0.25, -0.2) is 8.42 Å².